The van der Waals surface area contributed by atoms with Gasteiger partial charge in [-0.15, -0.1) is 0 Å². The molecule has 0 aliphatic carbocycles. The summed E-state index contributed by atoms with van der Waals surface area (Å²) in [4.78, 5) is 4.88. The number of thiocarbonyl (C=S) groups is 1. The van der Waals surface area contributed by atoms with Crippen LogP contribution in [0.3, 0.4) is 0 Å². The van der Waals surface area contributed by atoms with Gasteiger partial charge in [-0.25, -0.2) is 4.98 Å². The highest BCUT2D eigenvalue weighted by atomic mass is 32.1. The molecule has 4 nitrogen and oxygen atoms in total. The fraction of sp³-hybridized carbons (Fsp3) is 0.600. The molecule has 0 aliphatic heterocycles. The van der Waals surface area contributed by atoms with Crippen molar-refractivity contribution in [3.63, 3.8) is 0 Å². The summed E-state index contributed by atoms with van der Waals surface area (Å²) < 4.78 is 5.51. The number of aromatic nitrogens is 1. The second-order valence-electron chi connectivity index (χ2n) is 5.22. The van der Waals surface area contributed by atoms with Gasteiger partial charge >= 0.3 is 0 Å². The molecule has 5 heteroatoms. The summed E-state index contributed by atoms with van der Waals surface area (Å²) >= 11 is 5.11. The molecule has 0 unspecified atom stereocenters. The van der Waals surface area contributed by atoms with Crippen LogP contribution in [-0.4, -0.2) is 29.2 Å². The molecule has 0 bridgehead atoms. The molecule has 0 aliphatic rings. The molecule has 3 N–H and O–H groups in total. The van der Waals surface area contributed by atoms with Crippen molar-refractivity contribution in [2.75, 3.05) is 18.5 Å². The van der Waals surface area contributed by atoms with Crippen LogP contribution in [-0.2, 0) is 4.74 Å². The number of hydrogen-bond acceptors (Lipinski definition) is 4. The molecule has 0 spiro atoms. The first-order valence-corrected chi connectivity index (χ1v) is 7.46. The SMILES string of the molecule is Cc1cc(C)c(C(N)=S)c(NCCCCOC(C)C)n1. The van der Waals surface area contributed by atoms with E-state index in [-0.39, 0.29) is 0 Å². The minimum atomic E-state index is 0.297. The van der Waals surface area contributed by atoms with Crippen molar-refractivity contribution < 1.29 is 4.74 Å². The zero-order chi connectivity index (χ0) is 15.1. The quantitative estimate of drug-likeness (QED) is 0.570. The molecule has 0 fully saturated rings. The monoisotopic (exact) mass is 295 g/mol. The van der Waals surface area contributed by atoms with Crippen LogP contribution in [0.25, 0.3) is 0 Å². The van der Waals surface area contributed by atoms with E-state index in [2.05, 4.69) is 10.3 Å². The van der Waals surface area contributed by atoms with E-state index in [9.17, 15) is 0 Å². The van der Waals surface area contributed by atoms with Crippen molar-refractivity contribution >= 4 is 23.0 Å². The number of ether oxygens (including phenoxy) is 1. The zero-order valence-corrected chi connectivity index (χ0v) is 13.6. The molecular weight excluding hydrogens is 270 g/mol. The summed E-state index contributed by atoms with van der Waals surface area (Å²) in [7, 11) is 0. The van der Waals surface area contributed by atoms with E-state index >= 15 is 0 Å². The van der Waals surface area contributed by atoms with Crippen LogP contribution in [0.2, 0.25) is 0 Å². The normalized spacial score (nSPS) is 10.8. The van der Waals surface area contributed by atoms with Crippen LogP contribution in [0.4, 0.5) is 5.82 Å². The Balaban J connectivity index is 2.53. The predicted octanol–water partition coefficient (Wildman–Crippen LogP) is 2.95. The van der Waals surface area contributed by atoms with Crippen molar-refractivity contribution in [1.82, 2.24) is 4.98 Å². The Morgan fingerprint density at radius 1 is 1.40 bits per heavy atom. The highest BCUT2D eigenvalue weighted by Gasteiger charge is 2.10. The lowest BCUT2D eigenvalue weighted by Gasteiger charge is -2.14. The number of aryl methyl sites for hydroxylation is 2. The van der Waals surface area contributed by atoms with Crippen LogP contribution < -0.4 is 11.1 Å². The summed E-state index contributed by atoms with van der Waals surface area (Å²) in [5.74, 6) is 0.791. The molecule has 0 radical (unpaired) electrons. The number of pyridine rings is 1. The maximum absolute atomic E-state index is 5.78. The van der Waals surface area contributed by atoms with E-state index in [1.807, 2.05) is 33.8 Å². The molecule has 0 saturated carbocycles. The highest BCUT2D eigenvalue weighted by molar-refractivity contribution is 7.80. The van der Waals surface area contributed by atoms with Crippen molar-refractivity contribution in [2.24, 2.45) is 5.73 Å². The Bertz CT molecular complexity index is 461. The topological polar surface area (TPSA) is 60.2 Å². The molecule has 0 atom stereocenters. The second-order valence-corrected chi connectivity index (χ2v) is 5.66. The summed E-state index contributed by atoms with van der Waals surface area (Å²) in [6.45, 7) is 9.70. The third-order valence-electron chi connectivity index (χ3n) is 2.91. The molecule has 1 rings (SSSR count). The first kappa shape index (κ1) is 16.9. The summed E-state index contributed by atoms with van der Waals surface area (Å²) in [5, 5.41) is 3.33. The lowest BCUT2D eigenvalue weighted by molar-refractivity contribution is 0.0765. The van der Waals surface area contributed by atoms with Crippen LogP contribution in [0.15, 0.2) is 6.07 Å². The highest BCUT2D eigenvalue weighted by Crippen LogP contribution is 2.18. The number of nitrogens with one attached hydrogen (secondary N) is 1. The lowest BCUT2D eigenvalue weighted by Crippen LogP contribution is -2.17. The molecule has 1 heterocycles. The van der Waals surface area contributed by atoms with Gasteiger partial charge in [0.1, 0.15) is 10.8 Å². The van der Waals surface area contributed by atoms with Crippen LogP contribution in [0.1, 0.15) is 43.5 Å². The van der Waals surface area contributed by atoms with Gasteiger partial charge in [-0.05, 0) is 52.2 Å². The van der Waals surface area contributed by atoms with Crippen molar-refractivity contribution in [1.29, 1.82) is 0 Å². The Hall–Kier alpha value is -1.20. The van der Waals surface area contributed by atoms with E-state index in [4.69, 9.17) is 22.7 Å². The Morgan fingerprint density at radius 2 is 2.10 bits per heavy atom. The maximum atomic E-state index is 5.78. The van der Waals surface area contributed by atoms with Gasteiger partial charge < -0.3 is 15.8 Å². The van der Waals surface area contributed by atoms with Gasteiger partial charge in [0.2, 0.25) is 0 Å². The fourth-order valence-corrected chi connectivity index (χ4v) is 2.29. The second kappa shape index (κ2) is 8.17. The van der Waals surface area contributed by atoms with E-state index in [0.717, 1.165) is 48.6 Å². The number of rotatable bonds is 8. The zero-order valence-electron chi connectivity index (χ0n) is 12.8. The number of nitrogens with zero attached hydrogens (tertiary/aromatic N) is 1. The van der Waals surface area contributed by atoms with Crippen LogP contribution >= 0.6 is 12.2 Å². The molecule has 1 aromatic rings. The van der Waals surface area contributed by atoms with Crippen molar-refractivity contribution in [3.8, 4) is 0 Å². The van der Waals surface area contributed by atoms with Gasteiger partial charge in [0.25, 0.3) is 0 Å². The first-order chi connectivity index (χ1) is 9.41. The summed E-state index contributed by atoms with van der Waals surface area (Å²) in [6.07, 6.45) is 2.35. The molecule has 1 aromatic heterocycles. The molecule has 0 amide bonds. The maximum Gasteiger partial charge on any atom is 0.136 e. The third-order valence-corrected chi connectivity index (χ3v) is 3.11. The van der Waals surface area contributed by atoms with Gasteiger partial charge in [-0.1, -0.05) is 12.2 Å². The number of hydrogen-bond donors (Lipinski definition) is 2. The Morgan fingerprint density at radius 3 is 2.70 bits per heavy atom. The standard InChI is InChI=1S/C15H25N3OS/c1-10(2)19-8-6-5-7-17-15-13(14(16)20)11(3)9-12(4)18-15/h9-10H,5-8H2,1-4H3,(H2,16,20)(H,17,18). The average Bonchev–Trinajstić information content (AvgIpc) is 2.31. The van der Waals surface area contributed by atoms with Gasteiger partial charge in [0.05, 0.1) is 11.7 Å². The van der Waals surface area contributed by atoms with Gasteiger partial charge in [0.15, 0.2) is 0 Å². The third kappa shape index (κ3) is 5.43. The molecule has 112 valence electrons. The lowest BCUT2D eigenvalue weighted by atomic mass is 10.1. The van der Waals surface area contributed by atoms with E-state index < -0.39 is 0 Å². The number of nitrogens with two attached hydrogens (primary N) is 1. The van der Waals surface area contributed by atoms with Crippen molar-refractivity contribution in [3.05, 3.63) is 22.9 Å². The minimum Gasteiger partial charge on any atom is -0.389 e. The Labute approximate surface area is 127 Å². The van der Waals surface area contributed by atoms with E-state index in [1.54, 1.807) is 0 Å². The van der Waals surface area contributed by atoms with E-state index in [1.165, 1.54) is 0 Å². The van der Waals surface area contributed by atoms with Crippen LogP contribution in [0.5, 0.6) is 0 Å². The minimum absolute atomic E-state index is 0.297. The predicted molar refractivity (Wildman–Crippen MR) is 88.4 cm³/mol. The van der Waals surface area contributed by atoms with Gasteiger partial charge in [-0.2, -0.15) is 0 Å². The largest absolute Gasteiger partial charge is 0.389 e. The van der Waals surface area contributed by atoms with E-state index in [0.29, 0.717) is 11.1 Å². The summed E-state index contributed by atoms with van der Waals surface area (Å²) in [5.41, 5.74) is 8.66. The molecular formula is C15H25N3OS. The number of unbranched alkanes of at least 4 members (excludes halogenated alkanes) is 1. The smallest absolute Gasteiger partial charge is 0.136 e. The Kier molecular flexibility index (Phi) is 6.88. The van der Waals surface area contributed by atoms with Crippen LogP contribution in [0, 0.1) is 13.8 Å². The van der Waals surface area contributed by atoms with Gasteiger partial charge in [-0.3, -0.25) is 0 Å². The number of anilines is 1. The average molecular weight is 295 g/mol. The fourth-order valence-electron chi connectivity index (χ4n) is 2.03. The first-order valence-electron chi connectivity index (χ1n) is 7.05. The summed E-state index contributed by atoms with van der Waals surface area (Å²) in [6, 6.07) is 2.00. The molecule has 0 saturated heterocycles. The molecule has 0 aromatic carbocycles. The van der Waals surface area contributed by atoms with Gasteiger partial charge in [0, 0.05) is 18.8 Å². The molecule has 20 heavy (non-hydrogen) atoms. The van der Waals surface area contributed by atoms with Crippen molar-refractivity contribution in [2.45, 2.75) is 46.6 Å².